The summed E-state index contributed by atoms with van der Waals surface area (Å²) in [6, 6.07) is 11.6. The summed E-state index contributed by atoms with van der Waals surface area (Å²) in [4.78, 5) is 0. The number of oxime groups is 1. The van der Waals surface area contributed by atoms with Gasteiger partial charge in [-0.2, -0.15) is 0 Å². The number of benzene rings is 1. The molecule has 106 valence electrons. The van der Waals surface area contributed by atoms with E-state index in [2.05, 4.69) is 17.4 Å². The van der Waals surface area contributed by atoms with Gasteiger partial charge in [0.2, 0.25) is 0 Å². The first-order chi connectivity index (χ1) is 9.60. The molecule has 0 aliphatic rings. The first-order valence-corrected chi connectivity index (χ1v) is 6.46. The summed E-state index contributed by atoms with van der Waals surface area (Å²) >= 11 is 0. The third-order valence-electron chi connectivity index (χ3n) is 3.16. The Morgan fingerprint density at radius 3 is 2.55 bits per heavy atom. The molecule has 0 fully saturated rings. The topological polar surface area (TPSA) is 83.8 Å². The molecule has 0 saturated heterocycles. The molecule has 0 radical (unpaired) electrons. The van der Waals surface area contributed by atoms with Crippen molar-refractivity contribution >= 4 is 5.84 Å². The molecule has 1 unspecified atom stereocenters. The highest BCUT2D eigenvalue weighted by Crippen LogP contribution is 2.16. The molecule has 2 rings (SSSR count). The van der Waals surface area contributed by atoms with Crippen LogP contribution < -0.4 is 11.1 Å². The van der Waals surface area contributed by atoms with Gasteiger partial charge in [-0.3, -0.25) is 0 Å². The van der Waals surface area contributed by atoms with Crippen LogP contribution in [-0.2, 0) is 6.54 Å². The highest BCUT2D eigenvalue weighted by molar-refractivity contribution is 5.96. The van der Waals surface area contributed by atoms with Gasteiger partial charge in [-0.1, -0.05) is 29.4 Å². The van der Waals surface area contributed by atoms with Crippen LogP contribution in [0.4, 0.5) is 0 Å². The molecular weight excluding hydrogens is 254 g/mol. The fraction of sp³-hybridized carbons (Fsp3) is 0.267. The van der Waals surface area contributed by atoms with Gasteiger partial charge in [0, 0.05) is 12.1 Å². The van der Waals surface area contributed by atoms with Crippen LogP contribution in [0.3, 0.4) is 0 Å². The summed E-state index contributed by atoms with van der Waals surface area (Å²) in [7, 11) is 0. The zero-order valence-electron chi connectivity index (χ0n) is 11.6. The second kappa shape index (κ2) is 6.25. The lowest BCUT2D eigenvalue weighted by molar-refractivity contribution is 0.318. The molecule has 1 atom stereocenters. The molecule has 1 aromatic heterocycles. The number of nitrogens with two attached hydrogens (primary N) is 1. The molecule has 20 heavy (non-hydrogen) atoms. The molecule has 4 N–H and O–H groups in total. The Balaban J connectivity index is 1.94. The summed E-state index contributed by atoms with van der Waals surface area (Å²) in [5.74, 6) is 1.96. The second-order valence-electron chi connectivity index (χ2n) is 4.73. The summed E-state index contributed by atoms with van der Waals surface area (Å²) in [5.41, 5.74) is 7.34. The molecule has 0 spiro atoms. The van der Waals surface area contributed by atoms with Crippen molar-refractivity contribution in [1.82, 2.24) is 5.32 Å². The lowest BCUT2D eigenvalue weighted by Gasteiger charge is -2.11. The van der Waals surface area contributed by atoms with Gasteiger partial charge in [0.25, 0.3) is 0 Å². The largest absolute Gasteiger partial charge is 0.465 e. The number of hydrogen-bond acceptors (Lipinski definition) is 4. The zero-order valence-corrected chi connectivity index (χ0v) is 11.6. The van der Waals surface area contributed by atoms with Crippen molar-refractivity contribution in [2.75, 3.05) is 0 Å². The maximum Gasteiger partial charge on any atom is 0.170 e. The predicted octanol–water partition coefficient (Wildman–Crippen LogP) is 2.53. The van der Waals surface area contributed by atoms with E-state index in [4.69, 9.17) is 15.4 Å². The van der Waals surface area contributed by atoms with E-state index in [1.54, 1.807) is 0 Å². The minimum absolute atomic E-state index is 0.115. The van der Waals surface area contributed by atoms with E-state index in [-0.39, 0.29) is 11.9 Å². The zero-order chi connectivity index (χ0) is 14.5. The third kappa shape index (κ3) is 3.39. The minimum atomic E-state index is 0.115. The second-order valence-corrected chi connectivity index (χ2v) is 4.73. The SMILES string of the molecule is Cc1ccc(C(C)NCc2ccc(C(N)=NO)cc2)o1. The number of furan rings is 1. The Kier molecular flexibility index (Phi) is 4.42. The maximum absolute atomic E-state index is 8.60. The number of aryl methyl sites for hydroxylation is 1. The van der Waals surface area contributed by atoms with E-state index in [0.717, 1.165) is 23.6 Å². The molecule has 5 nitrogen and oxygen atoms in total. The van der Waals surface area contributed by atoms with Gasteiger partial charge in [-0.05, 0) is 31.5 Å². The van der Waals surface area contributed by atoms with Crippen LogP contribution in [0.1, 0.15) is 35.6 Å². The maximum atomic E-state index is 8.60. The van der Waals surface area contributed by atoms with Crippen molar-refractivity contribution in [3.63, 3.8) is 0 Å². The Morgan fingerprint density at radius 1 is 1.30 bits per heavy atom. The third-order valence-corrected chi connectivity index (χ3v) is 3.16. The first kappa shape index (κ1) is 14.1. The van der Waals surface area contributed by atoms with Gasteiger partial charge in [-0.15, -0.1) is 0 Å². The van der Waals surface area contributed by atoms with Gasteiger partial charge in [0.1, 0.15) is 11.5 Å². The quantitative estimate of drug-likeness (QED) is 0.338. The molecule has 0 aliphatic heterocycles. The molecule has 2 aromatic rings. The van der Waals surface area contributed by atoms with Crippen molar-refractivity contribution in [2.45, 2.75) is 26.4 Å². The van der Waals surface area contributed by atoms with E-state index in [0.29, 0.717) is 5.56 Å². The predicted molar refractivity (Wildman–Crippen MR) is 77.7 cm³/mol. The van der Waals surface area contributed by atoms with Gasteiger partial charge < -0.3 is 20.7 Å². The summed E-state index contributed by atoms with van der Waals surface area (Å²) in [6.07, 6.45) is 0. The van der Waals surface area contributed by atoms with Crippen LogP contribution in [-0.4, -0.2) is 11.0 Å². The average molecular weight is 273 g/mol. The standard InChI is InChI=1S/C15H19N3O2/c1-10-3-8-14(20-10)11(2)17-9-12-4-6-13(7-5-12)15(16)18-19/h3-8,11,17,19H,9H2,1-2H3,(H2,16,18). The first-order valence-electron chi connectivity index (χ1n) is 6.46. The van der Waals surface area contributed by atoms with Crippen molar-refractivity contribution < 1.29 is 9.62 Å². The average Bonchev–Trinajstić information content (AvgIpc) is 2.91. The van der Waals surface area contributed by atoms with Gasteiger partial charge in [0.05, 0.1) is 6.04 Å². The highest BCUT2D eigenvalue weighted by atomic mass is 16.4. The fourth-order valence-electron chi connectivity index (χ4n) is 1.91. The van der Waals surface area contributed by atoms with Crippen LogP contribution in [0, 0.1) is 6.92 Å². The van der Waals surface area contributed by atoms with Crippen LogP contribution in [0.2, 0.25) is 0 Å². The van der Waals surface area contributed by atoms with Gasteiger partial charge in [-0.25, -0.2) is 0 Å². The lowest BCUT2D eigenvalue weighted by atomic mass is 10.1. The number of rotatable bonds is 5. The van der Waals surface area contributed by atoms with Crippen LogP contribution in [0.15, 0.2) is 46.0 Å². The van der Waals surface area contributed by atoms with E-state index < -0.39 is 0 Å². The summed E-state index contributed by atoms with van der Waals surface area (Å²) in [5, 5.41) is 15.0. The minimum Gasteiger partial charge on any atom is -0.465 e. The molecule has 0 bridgehead atoms. The van der Waals surface area contributed by atoms with Crippen LogP contribution in [0.25, 0.3) is 0 Å². The Hall–Kier alpha value is -2.27. The molecule has 0 aliphatic carbocycles. The number of nitrogens with zero attached hydrogens (tertiary/aromatic N) is 1. The number of hydrogen-bond donors (Lipinski definition) is 3. The number of amidine groups is 1. The fourth-order valence-corrected chi connectivity index (χ4v) is 1.91. The Labute approximate surface area is 118 Å². The van der Waals surface area contributed by atoms with E-state index in [1.165, 1.54) is 0 Å². The van der Waals surface area contributed by atoms with Crippen molar-refractivity contribution in [1.29, 1.82) is 0 Å². The normalized spacial score (nSPS) is 13.4. The van der Waals surface area contributed by atoms with Crippen LogP contribution >= 0.6 is 0 Å². The molecule has 0 amide bonds. The number of nitrogens with one attached hydrogen (secondary N) is 1. The van der Waals surface area contributed by atoms with Crippen LogP contribution in [0.5, 0.6) is 0 Å². The lowest BCUT2D eigenvalue weighted by Crippen LogP contribution is -2.18. The molecular formula is C15H19N3O2. The van der Waals surface area contributed by atoms with E-state index >= 15 is 0 Å². The van der Waals surface area contributed by atoms with Crippen molar-refractivity contribution in [2.24, 2.45) is 10.9 Å². The molecule has 0 saturated carbocycles. The van der Waals surface area contributed by atoms with E-state index in [1.807, 2.05) is 43.3 Å². The summed E-state index contributed by atoms with van der Waals surface area (Å²) < 4.78 is 5.58. The Morgan fingerprint density at radius 2 is 2.00 bits per heavy atom. The monoisotopic (exact) mass is 273 g/mol. The highest BCUT2D eigenvalue weighted by Gasteiger charge is 2.08. The van der Waals surface area contributed by atoms with Gasteiger partial charge in [0.15, 0.2) is 5.84 Å². The smallest absolute Gasteiger partial charge is 0.170 e. The molecule has 1 aromatic carbocycles. The van der Waals surface area contributed by atoms with Crippen molar-refractivity contribution in [3.05, 3.63) is 59.0 Å². The summed E-state index contributed by atoms with van der Waals surface area (Å²) in [6.45, 7) is 4.71. The van der Waals surface area contributed by atoms with Crippen molar-refractivity contribution in [3.8, 4) is 0 Å². The Bertz CT molecular complexity index is 587. The van der Waals surface area contributed by atoms with Gasteiger partial charge >= 0.3 is 0 Å². The molecule has 1 heterocycles. The molecule has 5 heteroatoms. The van der Waals surface area contributed by atoms with E-state index in [9.17, 15) is 0 Å².